The molecule has 1 amide bonds. The van der Waals surface area contributed by atoms with E-state index >= 15 is 0 Å². The summed E-state index contributed by atoms with van der Waals surface area (Å²) in [7, 11) is -1.62. The molecular weight excluding hydrogens is 380 g/mol. The SMILES string of the molecule is CN1CCN(C(=O)c2cc(S(=O)(=O)N3CCOCC3)c[nH]2)Cc2ccccc21. The largest absolute Gasteiger partial charge is 0.379 e. The molecule has 2 aliphatic heterocycles. The number of sulfonamides is 1. The summed E-state index contributed by atoms with van der Waals surface area (Å²) in [6.07, 6.45) is 1.40. The molecular formula is C19H24N4O4S. The number of likely N-dealkylation sites (N-methyl/N-ethyl adjacent to an activating group) is 1. The highest BCUT2D eigenvalue weighted by atomic mass is 32.2. The van der Waals surface area contributed by atoms with Gasteiger partial charge in [0.05, 0.1) is 13.2 Å². The number of nitrogens with zero attached hydrogens (tertiary/aromatic N) is 3. The zero-order chi connectivity index (χ0) is 19.7. The number of rotatable bonds is 3. The van der Waals surface area contributed by atoms with Gasteiger partial charge in [-0.1, -0.05) is 18.2 Å². The second-order valence-corrected chi connectivity index (χ2v) is 8.98. The minimum absolute atomic E-state index is 0.116. The first-order valence-electron chi connectivity index (χ1n) is 9.31. The van der Waals surface area contributed by atoms with Crippen LogP contribution in [0.4, 0.5) is 5.69 Å². The van der Waals surface area contributed by atoms with E-state index in [1.807, 2.05) is 31.3 Å². The van der Waals surface area contributed by atoms with Crippen molar-refractivity contribution in [2.24, 2.45) is 0 Å². The van der Waals surface area contributed by atoms with Crippen molar-refractivity contribution < 1.29 is 17.9 Å². The van der Waals surface area contributed by atoms with Crippen LogP contribution in [-0.4, -0.2) is 75.0 Å². The van der Waals surface area contributed by atoms with Gasteiger partial charge in [0.15, 0.2) is 0 Å². The summed E-state index contributed by atoms with van der Waals surface area (Å²) < 4.78 is 32.2. The highest BCUT2D eigenvalue weighted by Crippen LogP contribution is 2.25. The van der Waals surface area contributed by atoms with Crippen molar-refractivity contribution in [2.45, 2.75) is 11.4 Å². The van der Waals surface area contributed by atoms with E-state index in [-0.39, 0.29) is 16.5 Å². The number of ether oxygens (including phenoxy) is 1. The Morgan fingerprint density at radius 1 is 1.11 bits per heavy atom. The van der Waals surface area contributed by atoms with E-state index in [0.717, 1.165) is 11.3 Å². The minimum Gasteiger partial charge on any atom is -0.379 e. The van der Waals surface area contributed by atoms with Gasteiger partial charge in [-0.15, -0.1) is 0 Å². The maximum absolute atomic E-state index is 13.0. The van der Waals surface area contributed by atoms with Crippen molar-refractivity contribution in [1.82, 2.24) is 14.2 Å². The van der Waals surface area contributed by atoms with E-state index in [9.17, 15) is 13.2 Å². The lowest BCUT2D eigenvalue weighted by Crippen LogP contribution is -2.40. The third-order valence-corrected chi connectivity index (χ3v) is 7.13. The molecule has 1 N–H and O–H groups in total. The Morgan fingerprint density at radius 2 is 1.86 bits per heavy atom. The molecule has 2 aliphatic rings. The van der Waals surface area contributed by atoms with Gasteiger partial charge in [-0.25, -0.2) is 8.42 Å². The molecule has 0 unspecified atom stereocenters. The van der Waals surface area contributed by atoms with Gasteiger partial charge < -0.3 is 19.5 Å². The number of aromatic amines is 1. The summed E-state index contributed by atoms with van der Waals surface area (Å²) in [6, 6.07) is 9.45. The van der Waals surface area contributed by atoms with E-state index in [1.54, 1.807) is 4.90 Å². The Hall–Kier alpha value is -2.36. The van der Waals surface area contributed by atoms with Crippen LogP contribution in [0.15, 0.2) is 41.4 Å². The third kappa shape index (κ3) is 3.52. The second kappa shape index (κ2) is 7.57. The van der Waals surface area contributed by atoms with Crippen LogP contribution < -0.4 is 4.90 Å². The van der Waals surface area contributed by atoms with Crippen molar-refractivity contribution in [3.63, 3.8) is 0 Å². The summed E-state index contributed by atoms with van der Waals surface area (Å²) >= 11 is 0. The number of aromatic nitrogens is 1. The summed E-state index contributed by atoms with van der Waals surface area (Å²) in [5.41, 5.74) is 2.47. The number of fused-ring (bicyclic) bond motifs is 1. The van der Waals surface area contributed by atoms with Crippen molar-refractivity contribution in [3.05, 3.63) is 47.8 Å². The predicted octanol–water partition coefficient (Wildman–Crippen LogP) is 1.13. The highest BCUT2D eigenvalue weighted by molar-refractivity contribution is 7.89. The maximum Gasteiger partial charge on any atom is 0.270 e. The van der Waals surface area contributed by atoms with Crippen LogP contribution in [0.25, 0.3) is 0 Å². The number of carbonyl (C=O) groups is 1. The molecule has 3 heterocycles. The summed E-state index contributed by atoms with van der Waals surface area (Å²) in [5, 5.41) is 0. The smallest absolute Gasteiger partial charge is 0.270 e. The fraction of sp³-hybridized carbons (Fsp3) is 0.421. The number of morpholine rings is 1. The molecule has 8 nitrogen and oxygen atoms in total. The van der Waals surface area contributed by atoms with Gasteiger partial charge in [0.2, 0.25) is 10.0 Å². The van der Waals surface area contributed by atoms with Gasteiger partial charge in [0, 0.05) is 51.7 Å². The van der Waals surface area contributed by atoms with Crippen molar-refractivity contribution in [2.75, 3.05) is 51.3 Å². The third-order valence-electron chi connectivity index (χ3n) is 5.25. The Kier molecular flexibility index (Phi) is 5.13. The first-order chi connectivity index (χ1) is 13.5. The van der Waals surface area contributed by atoms with Crippen LogP contribution >= 0.6 is 0 Å². The molecule has 150 valence electrons. The zero-order valence-electron chi connectivity index (χ0n) is 15.8. The van der Waals surface area contributed by atoms with Gasteiger partial charge in [0.1, 0.15) is 10.6 Å². The molecule has 0 aliphatic carbocycles. The maximum atomic E-state index is 13.0. The molecule has 0 spiro atoms. The number of nitrogens with one attached hydrogen (secondary N) is 1. The predicted molar refractivity (Wildman–Crippen MR) is 105 cm³/mol. The Labute approximate surface area is 164 Å². The second-order valence-electron chi connectivity index (χ2n) is 7.04. The molecule has 9 heteroatoms. The molecule has 1 fully saturated rings. The van der Waals surface area contributed by atoms with Gasteiger partial charge in [-0.2, -0.15) is 4.31 Å². The molecule has 0 atom stereocenters. The van der Waals surface area contributed by atoms with Gasteiger partial charge in [0.25, 0.3) is 5.91 Å². The first kappa shape index (κ1) is 19.0. The summed E-state index contributed by atoms with van der Waals surface area (Å²) in [5.74, 6) is -0.200. The first-order valence-corrected chi connectivity index (χ1v) is 10.8. The van der Waals surface area contributed by atoms with Crippen LogP contribution in [0.2, 0.25) is 0 Å². The van der Waals surface area contributed by atoms with Crippen LogP contribution in [0.3, 0.4) is 0 Å². The summed E-state index contributed by atoms with van der Waals surface area (Å²) in [6.45, 7) is 3.19. The van der Waals surface area contributed by atoms with Crippen LogP contribution in [0.5, 0.6) is 0 Å². The standard InChI is InChI=1S/C19H24N4O4S/c1-21-6-7-22(14-15-4-2-3-5-18(15)21)19(24)17-12-16(13-20-17)28(25,26)23-8-10-27-11-9-23/h2-5,12-13,20H,6-11,14H2,1H3. The fourth-order valence-corrected chi connectivity index (χ4v) is 5.02. The monoisotopic (exact) mass is 404 g/mol. The Bertz CT molecular complexity index is 966. The molecule has 1 saturated heterocycles. The van der Waals surface area contributed by atoms with E-state index in [1.165, 1.54) is 16.6 Å². The summed E-state index contributed by atoms with van der Waals surface area (Å²) in [4.78, 5) is 19.9. The molecule has 28 heavy (non-hydrogen) atoms. The molecule has 1 aromatic carbocycles. The average molecular weight is 404 g/mol. The van der Waals surface area contributed by atoms with Crippen LogP contribution in [0, 0.1) is 0 Å². The lowest BCUT2D eigenvalue weighted by molar-refractivity contribution is 0.0730. The van der Waals surface area contributed by atoms with Gasteiger partial charge in [-0.3, -0.25) is 4.79 Å². The van der Waals surface area contributed by atoms with Crippen molar-refractivity contribution >= 4 is 21.6 Å². The fourth-order valence-electron chi connectivity index (χ4n) is 3.62. The molecule has 1 aromatic heterocycles. The quantitative estimate of drug-likeness (QED) is 0.829. The molecule has 0 radical (unpaired) electrons. The average Bonchev–Trinajstić information content (AvgIpc) is 3.16. The lowest BCUT2D eigenvalue weighted by Gasteiger charge is -2.25. The zero-order valence-corrected chi connectivity index (χ0v) is 16.6. The number of hydrogen-bond acceptors (Lipinski definition) is 5. The number of H-pyrrole nitrogens is 1. The number of benzene rings is 1. The Morgan fingerprint density at radius 3 is 2.64 bits per heavy atom. The number of carbonyl (C=O) groups excluding carboxylic acids is 1. The van der Waals surface area contributed by atoms with E-state index < -0.39 is 10.0 Å². The van der Waals surface area contributed by atoms with Crippen LogP contribution in [-0.2, 0) is 21.3 Å². The van der Waals surface area contributed by atoms with E-state index in [0.29, 0.717) is 45.9 Å². The molecule has 0 bridgehead atoms. The number of hydrogen-bond donors (Lipinski definition) is 1. The molecule has 4 rings (SSSR count). The highest BCUT2D eigenvalue weighted by Gasteiger charge is 2.29. The van der Waals surface area contributed by atoms with E-state index in [4.69, 9.17) is 4.74 Å². The van der Waals surface area contributed by atoms with Gasteiger partial charge >= 0.3 is 0 Å². The number of amides is 1. The van der Waals surface area contributed by atoms with E-state index in [2.05, 4.69) is 9.88 Å². The van der Waals surface area contributed by atoms with Crippen molar-refractivity contribution in [1.29, 1.82) is 0 Å². The molecule has 2 aromatic rings. The normalized spacial score (nSPS) is 18.6. The topological polar surface area (TPSA) is 86.0 Å². The number of anilines is 1. The number of para-hydroxylation sites is 1. The van der Waals surface area contributed by atoms with Gasteiger partial charge in [-0.05, 0) is 17.7 Å². The lowest BCUT2D eigenvalue weighted by atomic mass is 10.1. The Balaban J connectivity index is 1.55. The minimum atomic E-state index is -3.63. The van der Waals surface area contributed by atoms with Crippen molar-refractivity contribution in [3.8, 4) is 0 Å². The van der Waals surface area contributed by atoms with Crippen LogP contribution in [0.1, 0.15) is 16.1 Å². The molecule has 0 saturated carbocycles.